The summed E-state index contributed by atoms with van der Waals surface area (Å²) in [6.45, 7) is 12.0. The molecule has 0 saturated heterocycles. The van der Waals surface area contributed by atoms with Gasteiger partial charge in [-0.15, -0.1) is 0 Å². The van der Waals surface area contributed by atoms with E-state index in [1.54, 1.807) is 71.5 Å². The number of aliphatic carboxylic acids is 2. The maximum absolute atomic E-state index is 11.1. The van der Waals surface area contributed by atoms with Crippen LogP contribution in [0.25, 0.3) is 33.1 Å². The zero-order valence-corrected chi connectivity index (χ0v) is 62.1. The van der Waals surface area contributed by atoms with Gasteiger partial charge < -0.3 is 70.0 Å². The molecule has 29 heteroatoms. The first kappa shape index (κ1) is 77.7. The van der Waals surface area contributed by atoms with Crippen LogP contribution >= 0.6 is 0 Å². The molecule has 0 spiro atoms. The standard InChI is InChI=1S/C34H32N9.C20H22N9.C18H22N4O4.2Ir.Ru/c1-24-15-16-35-25(19-24)20-42(21-32-36-26-9-2-3-10-27(26)37-32)17-8-18-43(22-33-38-28-11-4-5-12-29(28)39-33)23-34-40-30-13-6-7-14-31(30)41-34;1-2-4-21-17(3-1)13-28(14-18-22-5-6-23-18)11-12-29(15-19-24-7-8-25-19)16-20-26-9-10-27-20;23-17(24)13-21(11-15-5-1-3-7-19-15)9-10-22(14-18(25)26)12-16-6-2-4-8-20-16;;;/h2-7,9-16,19H,8,17-18,20-23H2,1H3;1-10H,11-16H2;1-8H,9-14H2,(H,23,24)(H,25,26);;;/q2*-3;;;;+2. The van der Waals surface area contributed by atoms with E-state index in [0.29, 0.717) is 65.4 Å². The molecule has 0 unspecified atom stereocenters. The number of imidazole rings is 6. The van der Waals surface area contributed by atoms with Gasteiger partial charge in [0.15, 0.2) is 0 Å². The fraction of sp³-hybridized carbons (Fsp3) is 0.278. The van der Waals surface area contributed by atoms with E-state index in [2.05, 4.69) is 82.4 Å². The van der Waals surface area contributed by atoms with Gasteiger partial charge in [-0.05, 0) is 107 Å². The number of benzene rings is 3. The van der Waals surface area contributed by atoms with Gasteiger partial charge >= 0.3 is 31.4 Å². The minimum absolute atomic E-state index is 0. The molecule has 0 fully saturated rings. The molecule has 2 N–H and O–H groups in total. The molecule has 0 amide bonds. The summed E-state index contributed by atoms with van der Waals surface area (Å²) in [6.07, 6.45) is 18.2. The number of carbonyl (C=O) groups is 2. The zero-order valence-electron chi connectivity index (χ0n) is 55.6. The Morgan fingerprint density at radius 3 is 1.01 bits per heavy atom. The molecule has 101 heavy (non-hydrogen) atoms. The van der Waals surface area contributed by atoms with Crippen LogP contribution in [0.5, 0.6) is 0 Å². The molecule has 0 saturated carbocycles. The second-order valence-corrected chi connectivity index (χ2v) is 23.5. The maximum Gasteiger partial charge on any atom is 2.00 e. The van der Waals surface area contributed by atoms with E-state index in [4.69, 9.17) is 40.1 Å². The van der Waals surface area contributed by atoms with Gasteiger partial charge in [-0.25, -0.2) is 0 Å². The number of fused-ring (bicyclic) bond motifs is 3. The summed E-state index contributed by atoms with van der Waals surface area (Å²) in [7, 11) is 0. The number of carboxylic acids is 2. The smallest absolute Gasteiger partial charge is 0.480 e. The number of pyridine rings is 4. The van der Waals surface area contributed by atoms with Gasteiger partial charge in [-0.1, -0.05) is 163 Å². The molecule has 13 aromatic rings. The van der Waals surface area contributed by atoms with Crippen LogP contribution in [-0.4, -0.2) is 154 Å². The van der Waals surface area contributed by atoms with Crippen molar-refractivity contribution < 1.29 is 79.5 Å². The summed E-state index contributed by atoms with van der Waals surface area (Å²) in [5.41, 5.74) is 10.4. The summed E-state index contributed by atoms with van der Waals surface area (Å²) >= 11 is 0. The third-order valence-corrected chi connectivity index (χ3v) is 15.7. The Labute approximate surface area is 625 Å². The van der Waals surface area contributed by atoms with E-state index in [0.717, 1.165) is 137 Å². The first-order chi connectivity index (χ1) is 48.0. The van der Waals surface area contributed by atoms with E-state index in [1.807, 2.05) is 134 Å². The summed E-state index contributed by atoms with van der Waals surface area (Å²) in [5, 5.41) is 18.3. The van der Waals surface area contributed by atoms with Crippen LogP contribution in [0.2, 0.25) is 0 Å². The molecule has 26 nitrogen and oxygen atoms in total. The van der Waals surface area contributed by atoms with Gasteiger partial charge in [-0.2, -0.15) is 0 Å². The molecule has 3 aromatic carbocycles. The third kappa shape index (κ3) is 25.8. The summed E-state index contributed by atoms with van der Waals surface area (Å²) < 4.78 is 0. The van der Waals surface area contributed by atoms with Crippen molar-refractivity contribution in [1.82, 2.24) is 109 Å². The van der Waals surface area contributed by atoms with Crippen molar-refractivity contribution >= 4 is 45.0 Å². The number of nitrogens with zero attached hydrogens (tertiary/aromatic N) is 22. The molecular weight excluding hydrogens is 1720 g/mol. The van der Waals surface area contributed by atoms with Gasteiger partial charge in [0.25, 0.3) is 0 Å². The molecule has 0 atom stereocenters. The summed E-state index contributed by atoms with van der Waals surface area (Å²) in [6, 6.07) is 45.2. The maximum atomic E-state index is 11.1. The van der Waals surface area contributed by atoms with Gasteiger partial charge in [0, 0.05) is 163 Å². The fourth-order valence-corrected chi connectivity index (χ4v) is 11.2. The Morgan fingerprint density at radius 1 is 0.347 bits per heavy atom. The van der Waals surface area contributed by atoms with Gasteiger partial charge in [-0.3, -0.25) is 58.9 Å². The molecule has 0 aliphatic heterocycles. The van der Waals surface area contributed by atoms with E-state index >= 15 is 0 Å². The summed E-state index contributed by atoms with van der Waals surface area (Å²) in [5.74, 6) is 3.00. The van der Waals surface area contributed by atoms with Crippen LogP contribution in [0.3, 0.4) is 0 Å². The number of carboxylic acid groups (broad SMARTS) is 2. The van der Waals surface area contributed by atoms with E-state index in [-0.39, 0.29) is 72.8 Å². The quantitative estimate of drug-likeness (QED) is 0.0392. The molecule has 528 valence electrons. The predicted molar refractivity (Wildman–Crippen MR) is 366 cm³/mol. The van der Waals surface area contributed by atoms with Crippen molar-refractivity contribution in [2.75, 3.05) is 52.4 Å². The number of rotatable bonds is 34. The normalized spacial score (nSPS) is 11.2. The molecular formula is C72H76Ir2N22O4Ru-4. The third-order valence-electron chi connectivity index (χ3n) is 15.7. The second-order valence-electron chi connectivity index (χ2n) is 23.5. The van der Waals surface area contributed by atoms with E-state index in [1.165, 1.54) is 5.56 Å². The second kappa shape index (κ2) is 41.0. The topological polar surface area (TPSA) is 308 Å². The Morgan fingerprint density at radius 2 is 0.663 bits per heavy atom. The number of hydrogen-bond acceptors (Lipinski definition) is 18. The Bertz CT molecular complexity index is 4190. The van der Waals surface area contributed by atoms with Crippen LogP contribution in [0.1, 0.15) is 69.7 Å². The summed E-state index contributed by atoms with van der Waals surface area (Å²) in [4.78, 5) is 107. The number of hydrogen-bond donors (Lipinski definition) is 2. The van der Waals surface area contributed by atoms with Crippen molar-refractivity contribution in [3.8, 4) is 0 Å². The number of para-hydroxylation sites is 6. The van der Waals surface area contributed by atoms with Crippen molar-refractivity contribution in [1.29, 1.82) is 0 Å². The van der Waals surface area contributed by atoms with E-state index < -0.39 is 11.9 Å². The Hall–Kier alpha value is -9.08. The van der Waals surface area contributed by atoms with Gasteiger partial charge in [0.2, 0.25) is 0 Å². The van der Waals surface area contributed by atoms with Crippen LogP contribution < -0.4 is 29.9 Å². The van der Waals surface area contributed by atoms with Crippen molar-refractivity contribution in [2.24, 2.45) is 0 Å². The predicted octanol–water partition coefficient (Wildman–Crippen LogP) is 6.79. The Balaban J connectivity index is 0.000000198. The molecule has 10 heterocycles. The molecule has 0 aliphatic rings. The first-order valence-corrected chi connectivity index (χ1v) is 32.3. The minimum Gasteiger partial charge on any atom is -0.480 e. The minimum atomic E-state index is -0.935. The van der Waals surface area contributed by atoms with Gasteiger partial charge in [0.1, 0.15) is 0 Å². The SMILES string of the molecule is Cc1ccnc(CN(CCCN(Cc2nc3ccccc3[n-]2)Cc2nc3ccccc3[n-]2)Cc2nc3ccccc3[n-]2)c1.O=C(O)CN(CCN(CC(=O)O)Cc1ccccn1)Cc1ccccn1.[Ir].[Ir].[Ru+2].c1ccc(CN(CCN(Cc2ncc[n-]2)Cc2ncc[n-]2)Cc2ncc[n-]2)nc1. The van der Waals surface area contributed by atoms with E-state index in [9.17, 15) is 9.59 Å². The van der Waals surface area contributed by atoms with Gasteiger partial charge in [0.05, 0.1) is 35.9 Å². The Kier molecular flexibility index (Phi) is 31.5. The zero-order chi connectivity index (χ0) is 67.5. The first-order valence-electron chi connectivity index (χ1n) is 32.3. The van der Waals surface area contributed by atoms with Crippen molar-refractivity contribution in [3.63, 3.8) is 0 Å². The van der Waals surface area contributed by atoms with Crippen LogP contribution in [0, 0.1) is 6.92 Å². The van der Waals surface area contributed by atoms with Crippen molar-refractivity contribution in [3.05, 3.63) is 265 Å². The molecule has 0 bridgehead atoms. The average molecular weight is 1800 g/mol. The molecule has 2 radical (unpaired) electrons. The molecule has 10 aromatic heterocycles. The average Bonchev–Trinajstić information content (AvgIpc) is 1.70. The fourth-order valence-electron chi connectivity index (χ4n) is 11.2. The van der Waals surface area contributed by atoms with Crippen molar-refractivity contribution in [2.45, 2.75) is 78.8 Å². The number of aryl methyl sites for hydroxylation is 1. The number of aromatic nitrogens is 16. The molecule has 0 aliphatic carbocycles. The van der Waals surface area contributed by atoms with Crippen LogP contribution in [0.4, 0.5) is 0 Å². The van der Waals surface area contributed by atoms with Crippen LogP contribution in [-0.2, 0) is 135 Å². The largest absolute Gasteiger partial charge is 2.00 e. The van der Waals surface area contributed by atoms with Crippen LogP contribution in [0.15, 0.2) is 201 Å². The molecule has 13 rings (SSSR count). The monoisotopic (exact) mass is 1800 g/mol.